The number of carbonyl (C=O) groups is 3. The van der Waals surface area contributed by atoms with Crippen molar-refractivity contribution >= 4 is 39.3 Å². The highest BCUT2D eigenvalue weighted by Gasteiger charge is 2.18. The van der Waals surface area contributed by atoms with E-state index in [0.717, 1.165) is 15.8 Å². The Morgan fingerprint density at radius 2 is 1.58 bits per heavy atom. The summed E-state index contributed by atoms with van der Waals surface area (Å²) in [6.07, 6.45) is -0.0729. The van der Waals surface area contributed by atoms with Crippen LogP contribution in [0.15, 0.2) is 46.9 Å². The van der Waals surface area contributed by atoms with Gasteiger partial charge in [0, 0.05) is 28.6 Å². The van der Waals surface area contributed by atoms with Crippen molar-refractivity contribution in [1.82, 2.24) is 10.9 Å². The SMILES string of the molecule is CCOc1ccc(NC(=O)CCC(=O)NNC(=O)c2ccc(C(C)(C)C)c(Br)c2)cc1. The summed E-state index contributed by atoms with van der Waals surface area (Å²) in [5, 5.41) is 2.71. The molecule has 8 heteroatoms. The van der Waals surface area contributed by atoms with E-state index in [9.17, 15) is 14.4 Å². The number of benzene rings is 2. The number of carbonyl (C=O) groups excluding carboxylic acids is 3. The van der Waals surface area contributed by atoms with E-state index in [1.165, 1.54) is 0 Å². The number of hydrazine groups is 1. The van der Waals surface area contributed by atoms with Gasteiger partial charge in [-0.1, -0.05) is 42.8 Å². The molecule has 3 amide bonds. The molecular formula is C23H28BrN3O4. The van der Waals surface area contributed by atoms with Crippen molar-refractivity contribution in [1.29, 1.82) is 0 Å². The average molecular weight is 490 g/mol. The zero-order chi connectivity index (χ0) is 23.0. The third-order valence-corrected chi connectivity index (χ3v) is 5.04. The molecule has 3 N–H and O–H groups in total. The van der Waals surface area contributed by atoms with Gasteiger partial charge < -0.3 is 10.1 Å². The minimum Gasteiger partial charge on any atom is -0.494 e. The van der Waals surface area contributed by atoms with Gasteiger partial charge in [-0.2, -0.15) is 0 Å². The van der Waals surface area contributed by atoms with Gasteiger partial charge in [-0.25, -0.2) is 0 Å². The Kier molecular flexibility index (Phi) is 8.62. The first-order valence-electron chi connectivity index (χ1n) is 10.0. The Bertz CT molecular complexity index is 937. The molecule has 0 aromatic heterocycles. The summed E-state index contributed by atoms with van der Waals surface area (Å²) in [6, 6.07) is 12.3. The van der Waals surface area contributed by atoms with Crippen LogP contribution in [0.4, 0.5) is 5.69 Å². The van der Waals surface area contributed by atoms with Crippen LogP contribution in [0, 0.1) is 0 Å². The van der Waals surface area contributed by atoms with Crippen molar-refractivity contribution < 1.29 is 19.1 Å². The highest BCUT2D eigenvalue weighted by molar-refractivity contribution is 9.10. The number of nitrogens with one attached hydrogen (secondary N) is 3. The Labute approximate surface area is 191 Å². The van der Waals surface area contributed by atoms with E-state index in [0.29, 0.717) is 17.9 Å². The molecular weight excluding hydrogens is 462 g/mol. The maximum Gasteiger partial charge on any atom is 0.269 e. The zero-order valence-corrected chi connectivity index (χ0v) is 19.8. The fourth-order valence-corrected chi connectivity index (χ4v) is 3.75. The highest BCUT2D eigenvalue weighted by Crippen LogP contribution is 2.30. The maximum absolute atomic E-state index is 12.3. The molecule has 0 aliphatic heterocycles. The molecule has 31 heavy (non-hydrogen) atoms. The summed E-state index contributed by atoms with van der Waals surface area (Å²) >= 11 is 3.49. The van der Waals surface area contributed by atoms with E-state index in [4.69, 9.17) is 4.74 Å². The Balaban J connectivity index is 1.78. The third kappa shape index (κ3) is 7.71. The van der Waals surface area contributed by atoms with Crippen molar-refractivity contribution in [3.63, 3.8) is 0 Å². The monoisotopic (exact) mass is 489 g/mol. The van der Waals surface area contributed by atoms with Gasteiger partial charge in [-0.15, -0.1) is 0 Å². The van der Waals surface area contributed by atoms with Gasteiger partial charge in [0.05, 0.1) is 6.61 Å². The van der Waals surface area contributed by atoms with E-state index in [1.807, 2.05) is 13.0 Å². The lowest BCUT2D eigenvalue weighted by molar-refractivity contribution is -0.124. The van der Waals surface area contributed by atoms with Gasteiger partial charge in [0.2, 0.25) is 11.8 Å². The molecule has 0 aliphatic carbocycles. The molecule has 0 heterocycles. The molecule has 7 nitrogen and oxygen atoms in total. The van der Waals surface area contributed by atoms with Gasteiger partial charge in [0.1, 0.15) is 5.75 Å². The van der Waals surface area contributed by atoms with Crippen LogP contribution in [0.5, 0.6) is 5.75 Å². The summed E-state index contributed by atoms with van der Waals surface area (Å²) in [5.74, 6) is -0.475. The number of ether oxygens (including phenoxy) is 1. The molecule has 0 spiro atoms. The topological polar surface area (TPSA) is 96.5 Å². The predicted octanol–water partition coefficient (Wildman–Crippen LogP) is 4.33. The van der Waals surface area contributed by atoms with E-state index in [1.54, 1.807) is 36.4 Å². The standard InChI is InChI=1S/C23H28BrN3O4/c1-5-31-17-9-7-16(8-10-17)25-20(28)12-13-21(29)26-27-22(30)15-6-11-18(19(24)14-15)23(2,3)4/h6-11,14H,5,12-13H2,1-4H3,(H,25,28)(H,26,29)(H,27,30). The molecule has 0 unspecified atom stereocenters. The second kappa shape index (κ2) is 10.9. The molecule has 0 saturated carbocycles. The van der Waals surface area contributed by atoms with Crippen LogP contribution in [0.3, 0.4) is 0 Å². The normalized spacial score (nSPS) is 10.9. The van der Waals surface area contributed by atoms with Crippen molar-refractivity contribution in [3.8, 4) is 5.75 Å². The Morgan fingerprint density at radius 1 is 0.935 bits per heavy atom. The van der Waals surface area contributed by atoms with E-state index in [2.05, 4.69) is 52.9 Å². The van der Waals surface area contributed by atoms with Crippen LogP contribution in [0.1, 0.15) is 56.5 Å². The lowest BCUT2D eigenvalue weighted by Crippen LogP contribution is -2.41. The molecule has 0 fully saturated rings. The van der Waals surface area contributed by atoms with Crippen molar-refractivity contribution in [2.45, 2.75) is 46.0 Å². The van der Waals surface area contributed by atoms with Gasteiger partial charge in [0.25, 0.3) is 5.91 Å². The van der Waals surface area contributed by atoms with E-state index in [-0.39, 0.29) is 24.2 Å². The van der Waals surface area contributed by atoms with Gasteiger partial charge in [-0.05, 0) is 54.3 Å². The molecule has 0 saturated heterocycles. The highest BCUT2D eigenvalue weighted by atomic mass is 79.9. The lowest BCUT2D eigenvalue weighted by atomic mass is 9.86. The Hall–Kier alpha value is -2.87. The summed E-state index contributed by atoms with van der Waals surface area (Å²) < 4.78 is 6.17. The largest absolute Gasteiger partial charge is 0.494 e. The van der Waals surface area contributed by atoms with Crippen molar-refractivity contribution in [2.75, 3.05) is 11.9 Å². The molecule has 0 bridgehead atoms. The zero-order valence-electron chi connectivity index (χ0n) is 18.2. The quantitative estimate of drug-likeness (QED) is 0.504. The first kappa shape index (κ1) is 24.4. The molecule has 2 aromatic carbocycles. The molecule has 0 aliphatic rings. The van der Waals surface area contributed by atoms with Crippen LogP contribution in [-0.4, -0.2) is 24.3 Å². The summed E-state index contributed by atoms with van der Waals surface area (Å²) in [7, 11) is 0. The number of amides is 3. The number of rotatable bonds is 7. The number of anilines is 1. The van der Waals surface area contributed by atoms with Gasteiger partial charge in [-0.3, -0.25) is 25.2 Å². The number of hydrogen-bond acceptors (Lipinski definition) is 4. The number of halogens is 1. The number of hydrogen-bond donors (Lipinski definition) is 3. The second-order valence-electron chi connectivity index (χ2n) is 7.95. The maximum atomic E-state index is 12.3. The van der Waals surface area contributed by atoms with Crippen molar-refractivity contribution in [3.05, 3.63) is 58.1 Å². The van der Waals surface area contributed by atoms with Crippen LogP contribution < -0.4 is 20.9 Å². The fraction of sp³-hybridized carbons (Fsp3) is 0.348. The van der Waals surface area contributed by atoms with Crippen molar-refractivity contribution in [2.24, 2.45) is 0 Å². The summed E-state index contributed by atoms with van der Waals surface area (Å²) in [6.45, 7) is 8.71. The summed E-state index contributed by atoms with van der Waals surface area (Å²) in [4.78, 5) is 36.3. The van der Waals surface area contributed by atoms with Gasteiger partial charge in [0.15, 0.2) is 0 Å². The molecule has 2 aromatic rings. The third-order valence-electron chi connectivity index (χ3n) is 4.38. The predicted molar refractivity (Wildman–Crippen MR) is 124 cm³/mol. The minimum atomic E-state index is -0.458. The van der Waals surface area contributed by atoms with Crippen LogP contribution in [-0.2, 0) is 15.0 Å². The average Bonchev–Trinajstić information content (AvgIpc) is 2.71. The minimum absolute atomic E-state index is 0.0132. The fourth-order valence-electron chi connectivity index (χ4n) is 2.78. The molecule has 2 rings (SSSR count). The lowest BCUT2D eigenvalue weighted by Gasteiger charge is -2.21. The second-order valence-corrected chi connectivity index (χ2v) is 8.81. The van der Waals surface area contributed by atoms with Crippen LogP contribution in [0.25, 0.3) is 0 Å². The first-order valence-corrected chi connectivity index (χ1v) is 10.8. The molecule has 166 valence electrons. The first-order chi connectivity index (χ1) is 14.6. The van der Waals surface area contributed by atoms with Crippen LogP contribution in [0.2, 0.25) is 0 Å². The van der Waals surface area contributed by atoms with E-state index < -0.39 is 11.8 Å². The van der Waals surface area contributed by atoms with Crippen LogP contribution >= 0.6 is 15.9 Å². The molecule has 0 radical (unpaired) electrons. The van der Waals surface area contributed by atoms with E-state index >= 15 is 0 Å². The summed E-state index contributed by atoms with van der Waals surface area (Å²) in [5.41, 5.74) is 6.75. The Morgan fingerprint density at radius 3 is 2.16 bits per heavy atom. The molecule has 0 atom stereocenters. The van der Waals surface area contributed by atoms with Gasteiger partial charge >= 0.3 is 0 Å². The smallest absolute Gasteiger partial charge is 0.269 e.